The van der Waals surface area contributed by atoms with Crippen molar-refractivity contribution in [3.63, 3.8) is 0 Å². The van der Waals surface area contributed by atoms with Gasteiger partial charge in [-0.2, -0.15) is 0 Å². The number of aromatic amines is 1. The van der Waals surface area contributed by atoms with Crippen LogP contribution in [-0.2, 0) is 4.74 Å². The van der Waals surface area contributed by atoms with Gasteiger partial charge in [-0.05, 0) is 31.5 Å². The molecule has 4 heterocycles. The number of ether oxygens (including phenoxy) is 4. The van der Waals surface area contributed by atoms with E-state index in [1.54, 1.807) is 13.3 Å². The summed E-state index contributed by atoms with van der Waals surface area (Å²) in [5.41, 5.74) is 2.59. The van der Waals surface area contributed by atoms with E-state index in [2.05, 4.69) is 24.8 Å². The van der Waals surface area contributed by atoms with Crippen molar-refractivity contribution in [2.24, 2.45) is 0 Å². The summed E-state index contributed by atoms with van der Waals surface area (Å²) in [6.07, 6.45) is 4.08. The molecular formula is C24H27N5O4. The van der Waals surface area contributed by atoms with Crippen LogP contribution in [0.5, 0.6) is 23.1 Å². The van der Waals surface area contributed by atoms with Crippen molar-refractivity contribution in [1.29, 1.82) is 0 Å². The van der Waals surface area contributed by atoms with Crippen LogP contribution in [0.1, 0.15) is 12.1 Å². The lowest BCUT2D eigenvalue weighted by Crippen LogP contribution is -2.37. The number of hydrogen-bond acceptors (Lipinski definition) is 8. The summed E-state index contributed by atoms with van der Waals surface area (Å²) in [6.45, 7) is 7.13. The smallest absolute Gasteiger partial charge is 0.230 e. The predicted octanol–water partition coefficient (Wildman–Crippen LogP) is 3.72. The SMILES string of the molecule is COc1cc2c(Oc3cnc4[nH]c(C)cc4c3)ncnc2cc1OCCCN1CCOCC1. The van der Waals surface area contributed by atoms with Crippen molar-refractivity contribution < 1.29 is 18.9 Å². The van der Waals surface area contributed by atoms with Gasteiger partial charge in [0, 0.05) is 36.8 Å². The van der Waals surface area contributed by atoms with Crippen molar-refractivity contribution in [3.8, 4) is 23.1 Å². The minimum Gasteiger partial charge on any atom is -0.493 e. The van der Waals surface area contributed by atoms with Gasteiger partial charge in [-0.15, -0.1) is 0 Å². The molecule has 9 nitrogen and oxygen atoms in total. The van der Waals surface area contributed by atoms with Crippen LogP contribution in [-0.4, -0.2) is 71.4 Å². The number of H-pyrrole nitrogens is 1. The van der Waals surface area contributed by atoms with E-state index in [1.165, 1.54) is 6.33 Å². The largest absolute Gasteiger partial charge is 0.493 e. The first-order valence-corrected chi connectivity index (χ1v) is 11.1. The lowest BCUT2D eigenvalue weighted by atomic mass is 10.2. The summed E-state index contributed by atoms with van der Waals surface area (Å²) in [6, 6.07) is 7.69. The molecule has 1 aromatic carbocycles. The number of morpholine rings is 1. The lowest BCUT2D eigenvalue weighted by molar-refractivity contribution is 0.0357. The molecule has 0 aliphatic carbocycles. The molecule has 1 aliphatic rings. The second-order valence-electron chi connectivity index (χ2n) is 8.02. The highest BCUT2D eigenvalue weighted by molar-refractivity contribution is 5.87. The zero-order valence-corrected chi connectivity index (χ0v) is 18.8. The summed E-state index contributed by atoms with van der Waals surface area (Å²) >= 11 is 0. The molecule has 9 heteroatoms. The van der Waals surface area contributed by atoms with E-state index in [1.807, 2.05) is 31.2 Å². The van der Waals surface area contributed by atoms with E-state index in [0.29, 0.717) is 29.7 Å². The first kappa shape index (κ1) is 21.4. The van der Waals surface area contributed by atoms with Gasteiger partial charge in [-0.3, -0.25) is 4.90 Å². The Morgan fingerprint density at radius 1 is 1.06 bits per heavy atom. The number of methoxy groups -OCH3 is 1. The van der Waals surface area contributed by atoms with Gasteiger partial charge in [-0.1, -0.05) is 0 Å². The molecule has 0 bridgehead atoms. The average Bonchev–Trinajstić information content (AvgIpc) is 3.21. The third-order valence-corrected chi connectivity index (χ3v) is 5.66. The van der Waals surface area contributed by atoms with E-state index >= 15 is 0 Å². The van der Waals surface area contributed by atoms with Crippen molar-refractivity contribution in [2.75, 3.05) is 46.6 Å². The summed E-state index contributed by atoms with van der Waals surface area (Å²) in [5.74, 6) is 2.31. The first-order chi connectivity index (χ1) is 16.2. The zero-order valence-electron chi connectivity index (χ0n) is 18.8. The zero-order chi connectivity index (χ0) is 22.6. The third-order valence-electron chi connectivity index (χ3n) is 5.66. The average molecular weight is 450 g/mol. The van der Waals surface area contributed by atoms with E-state index < -0.39 is 0 Å². The van der Waals surface area contributed by atoms with E-state index in [-0.39, 0.29) is 0 Å². The Balaban J connectivity index is 1.32. The molecule has 1 saturated heterocycles. The molecule has 1 aliphatic heterocycles. The summed E-state index contributed by atoms with van der Waals surface area (Å²) < 4.78 is 23.1. The van der Waals surface area contributed by atoms with E-state index in [9.17, 15) is 0 Å². The minimum atomic E-state index is 0.436. The Kier molecular flexibility index (Phi) is 6.23. The number of pyridine rings is 1. The maximum atomic E-state index is 6.07. The van der Waals surface area contributed by atoms with Crippen molar-refractivity contribution in [2.45, 2.75) is 13.3 Å². The van der Waals surface area contributed by atoms with Crippen molar-refractivity contribution in [1.82, 2.24) is 24.8 Å². The fraction of sp³-hybridized carbons (Fsp3) is 0.375. The summed E-state index contributed by atoms with van der Waals surface area (Å²) in [5, 5.41) is 1.72. The molecule has 1 fully saturated rings. The maximum absolute atomic E-state index is 6.07. The summed E-state index contributed by atoms with van der Waals surface area (Å²) in [7, 11) is 1.62. The Morgan fingerprint density at radius 3 is 2.79 bits per heavy atom. The van der Waals surface area contributed by atoms with Crippen molar-refractivity contribution >= 4 is 21.9 Å². The number of aryl methyl sites for hydroxylation is 1. The van der Waals surface area contributed by atoms with Crippen LogP contribution >= 0.6 is 0 Å². The topological polar surface area (TPSA) is 94.6 Å². The molecular weight excluding hydrogens is 422 g/mol. The molecule has 0 unspecified atom stereocenters. The molecule has 3 aromatic heterocycles. The lowest BCUT2D eigenvalue weighted by Gasteiger charge is -2.26. The Bertz CT molecular complexity index is 1250. The molecule has 4 aromatic rings. The number of rotatable bonds is 8. The van der Waals surface area contributed by atoms with Gasteiger partial charge in [-0.25, -0.2) is 15.0 Å². The molecule has 0 radical (unpaired) electrons. The van der Waals surface area contributed by atoms with Gasteiger partial charge in [0.25, 0.3) is 0 Å². The van der Waals surface area contributed by atoms with E-state index in [4.69, 9.17) is 18.9 Å². The molecule has 33 heavy (non-hydrogen) atoms. The number of benzene rings is 1. The van der Waals surface area contributed by atoms with Crippen LogP contribution < -0.4 is 14.2 Å². The number of fused-ring (bicyclic) bond motifs is 2. The minimum absolute atomic E-state index is 0.436. The molecule has 1 N–H and O–H groups in total. The van der Waals surface area contributed by atoms with Crippen LogP contribution in [0, 0.1) is 6.92 Å². The molecule has 0 atom stereocenters. The standard InChI is InChI=1S/C24H27N5O4/c1-16-10-17-11-18(14-25-23(17)28-16)33-24-19-12-21(30-2)22(13-20(19)26-15-27-24)32-7-3-4-29-5-8-31-9-6-29/h10-15H,3-9H2,1-2H3,(H,25,28). The monoisotopic (exact) mass is 449 g/mol. The number of hydrogen-bond donors (Lipinski definition) is 1. The Morgan fingerprint density at radius 2 is 1.94 bits per heavy atom. The van der Waals surface area contributed by atoms with E-state index in [0.717, 1.165) is 66.9 Å². The highest BCUT2D eigenvalue weighted by Crippen LogP contribution is 2.36. The first-order valence-electron chi connectivity index (χ1n) is 11.1. The van der Waals surface area contributed by atoms with Gasteiger partial charge in [0.05, 0.1) is 44.0 Å². The summed E-state index contributed by atoms with van der Waals surface area (Å²) in [4.78, 5) is 18.8. The fourth-order valence-electron chi connectivity index (χ4n) is 3.99. The molecule has 5 rings (SSSR count). The number of nitrogens with zero attached hydrogens (tertiary/aromatic N) is 4. The quantitative estimate of drug-likeness (QED) is 0.407. The highest BCUT2D eigenvalue weighted by atomic mass is 16.5. The van der Waals surface area contributed by atoms with Gasteiger partial charge in [0.1, 0.15) is 17.7 Å². The Labute approximate surface area is 191 Å². The maximum Gasteiger partial charge on any atom is 0.230 e. The molecule has 0 amide bonds. The number of aromatic nitrogens is 4. The fourth-order valence-corrected chi connectivity index (χ4v) is 3.99. The van der Waals surface area contributed by atoms with Gasteiger partial charge < -0.3 is 23.9 Å². The second-order valence-corrected chi connectivity index (χ2v) is 8.02. The molecule has 172 valence electrons. The van der Waals surface area contributed by atoms with Gasteiger partial charge in [0.2, 0.25) is 5.88 Å². The molecule has 0 spiro atoms. The van der Waals surface area contributed by atoms with Crippen molar-refractivity contribution in [3.05, 3.63) is 42.5 Å². The molecule has 0 saturated carbocycles. The predicted molar refractivity (Wildman–Crippen MR) is 124 cm³/mol. The van der Waals surface area contributed by atoms with Crippen LogP contribution in [0.25, 0.3) is 21.9 Å². The van der Waals surface area contributed by atoms with Crippen LogP contribution in [0.4, 0.5) is 0 Å². The van der Waals surface area contributed by atoms with Gasteiger partial charge in [0.15, 0.2) is 11.5 Å². The van der Waals surface area contributed by atoms with Crippen LogP contribution in [0.3, 0.4) is 0 Å². The Hall–Kier alpha value is -3.43. The van der Waals surface area contributed by atoms with Crippen LogP contribution in [0.15, 0.2) is 36.8 Å². The van der Waals surface area contributed by atoms with Crippen LogP contribution in [0.2, 0.25) is 0 Å². The normalized spacial score (nSPS) is 14.6. The second kappa shape index (κ2) is 9.60. The highest BCUT2D eigenvalue weighted by Gasteiger charge is 2.15. The number of nitrogens with one attached hydrogen (secondary N) is 1. The third kappa shape index (κ3) is 4.84. The van der Waals surface area contributed by atoms with Gasteiger partial charge >= 0.3 is 0 Å².